The molecule has 0 atom stereocenters. The summed E-state index contributed by atoms with van der Waals surface area (Å²) in [5.41, 5.74) is 1.29. The molecule has 0 unspecified atom stereocenters. The first kappa shape index (κ1) is 16.2. The Morgan fingerprint density at radius 1 is 1.00 bits per heavy atom. The van der Waals surface area contributed by atoms with Crippen LogP contribution < -0.4 is 5.32 Å². The molecule has 0 radical (unpaired) electrons. The van der Waals surface area contributed by atoms with Crippen LogP contribution >= 0.6 is 11.6 Å². The predicted octanol–water partition coefficient (Wildman–Crippen LogP) is 3.96. The summed E-state index contributed by atoms with van der Waals surface area (Å²) >= 11 is 5.84. The number of carbonyl (C=O) groups excluding carboxylic acids is 2. The lowest BCUT2D eigenvalue weighted by molar-refractivity contribution is 0.0938. The van der Waals surface area contributed by atoms with Gasteiger partial charge in [0.1, 0.15) is 0 Å². The van der Waals surface area contributed by atoms with Crippen LogP contribution in [0.4, 0.5) is 0 Å². The standard InChI is InChI=1S/C18H18ClNO2/c1-12(2)11-20-18(22)16-6-4-3-5-15(16)17(21)13-7-9-14(19)10-8-13/h3-10,12H,11H2,1-2H3,(H,20,22). The lowest BCUT2D eigenvalue weighted by atomic mass is 9.98. The molecule has 2 rings (SSSR count). The van der Waals surface area contributed by atoms with Crippen molar-refractivity contribution in [1.29, 1.82) is 0 Å². The third-order valence-electron chi connectivity index (χ3n) is 3.19. The average Bonchev–Trinajstić information content (AvgIpc) is 2.52. The molecular formula is C18H18ClNO2. The smallest absolute Gasteiger partial charge is 0.252 e. The zero-order valence-electron chi connectivity index (χ0n) is 12.6. The Balaban J connectivity index is 2.29. The molecule has 0 aliphatic carbocycles. The maximum absolute atomic E-state index is 12.6. The fourth-order valence-electron chi connectivity index (χ4n) is 2.03. The van der Waals surface area contributed by atoms with Crippen molar-refractivity contribution < 1.29 is 9.59 Å². The van der Waals surface area contributed by atoms with E-state index in [-0.39, 0.29) is 11.7 Å². The molecule has 0 spiro atoms. The van der Waals surface area contributed by atoms with Gasteiger partial charge in [0.2, 0.25) is 0 Å². The summed E-state index contributed by atoms with van der Waals surface area (Å²) in [6.07, 6.45) is 0. The lowest BCUT2D eigenvalue weighted by Crippen LogP contribution is -2.28. The zero-order valence-corrected chi connectivity index (χ0v) is 13.4. The van der Waals surface area contributed by atoms with Crippen LogP contribution in [-0.2, 0) is 0 Å². The number of nitrogens with one attached hydrogen (secondary N) is 1. The minimum atomic E-state index is -0.230. The first-order valence-corrected chi connectivity index (χ1v) is 7.54. The third kappa shape index (κ3) is 3.95. The summed E-state index contributed by atoms with van der Waals surface area (Å²) in [4.78, 5) is 24.9. The molecule has 1 N–H and O–H groups in total. The van der Waals surface area contributed by atoms with E-state index in [9.17, 15) is 9.59 Å². The first-order valence-electron chi connectivity index (χ1n) is 7.16. The second-order valence-corrected chi connectivity index (χ2v) is 5.92. The number of benzene rings is 2. The molecule has 22 heavy (non-hydrogen) atoms. The Hall–Kier alpha value is -2.13. The maximum Gasteiger partial charge on any atom is 0.252 e. The van der Waals surface area contributed by atoms with Gasteiger partial charge < -0.3 is 5.32 Å². The highest BCUT2D eigenvalue weighted by molar-refractivity contribution is 6.30. The van der Waals surface area contributed by atoms with Crippen LogP contribution in [-0.4, -0.2) is 18.2 Å². The number of hydrogen-bond donors (Lipinski definition) is 1. The van der Waals surface area contributed by atoms with Gasteiger partial charge in [-0.1, -0.05) is 43.6 Å². The average molecular weight is 316 g/mol. The summed E-state index contributed by atoms with van der Waals surface area (Å²) in [7, 11) is 0. The minimum absolute atomic E-state index is 0.188. The van der Waals surface area contributed by atoms with Crippen LogP contribution in [0.5, 0.6) is 0 Å². The molecule has 2 aromatic carbocycles. The summed E-state index contributed by atoms with van der Waals surface area (Å²) in [6.45, 7) is 4.61. The summed E-state index contributed by atoms with van der Waals surface area (Å²) in [5, 5.41) is 3.41. The van der Waals surface area contributed by atoms with Gasteiger partial charge in [0.25, 0.3) is 5.91 Å². The topological polar surface area (TPSA) is 46.2 Å². The summed E-state index contributed by atoms with van der Waals surface area (Å²) in [5.74, 6) is -0.0679. The van der Waals surface area contributed by atoms with Crippen molar-refractivity contribution in [3.63, 3.8) is 0 Å². The van der Waals surface area contributed by atoms with E-state index in [0.29, 0.717) is 34.2 Å². The molecule has 0 aromatic heterocycles. The third-order valence-corrected chi connectivity index (χ3v) is 3.45. The van der Waals surface area contributed by atoms with Crippen LogP contribution in [0.3, 0.4) is 0 Å². The molecule has 0 saturated carbocycles. The monoisotopic (exact) mass is 315 g/mol. The largest absolute Gasteiger partial charge is 0.352 e. The molecule has 0 aliphatic heterocycles. The van der Waals surface area contributed by atoms with E-state index in [1.54, 1.807) is 48.5 Å². The van der Waals surface area contributed by atoms with Crippen LogP contribution in [0, 0.1) is 5.92 Å². The van der Waals surface area contributed by atoms with Crippen LogP contribution in [0.1, 0.15) is 40.1 Å². The number of hydrogen-bond acceptors (Lipinski definition) is 2. The normalized spacial score (nSPS) is 10.5. The SMILES string of the molecule is CC(C)CNC(=O)c1ccccc1C(=O)c1ccc(Cl)cc1. The van der Waals surface area contributed by atoms with Crippen molar-refractivity contribution in [1.82, 2.24) is 5.32 Å². The Bertz CT molecular complexity index is 678. The van der Waals surface area contributed by atoms with E-state index < -0.39 is 0 Å². The molecule has 0 saturated heterocycles. The fraction of sp³-hybridized carbons (Fsp3) is 0.222. The zero-order chi connectivity index (χ0) is 16.1. The lowest BCUT2D eigenvalue weighted by Gasteiger charge is -2.11. The number of halogens is 1. The number of carbonyl (C=O) groups is 2. The van der Waals surface area contributed by atoms with Gasteiger partial charge in [-0.15, -0.1) is 0 Å². The highest BCUT2D eigenvalue weighted by Gasteiger charge is 2.17. The fourth-order valence-corrected chi connectivity index (χ4v) is 2.15. The van der Waals surface area contributed by atoms with Crippen molar-refractivity contribution in [3.8, 4) is 0 Å². The van der Waals surface area contributed by atoms with Crippen LogP contribution in [0.25, 0.3) is 0 Å². The number of ketones is 1. The molecule has 0 bridgehead atoms. The quantitative estimate of drug-likeness (QED) is 0.849. The van der Waals surface area contributed by atoms with Gasteiger partial charge >= 0.3 is 0 Å². The Kier molecular flexibility index (Phi) is 5.34. The van der Waals surface area contributed by atoms with Gasteiger partial charge in [0.05, 0.1) is 5.56 Å². The molecule has 3 nitrogen and oxygen atoms in total. The van der Waals surface area contributed by atoms with Crippen molar-refractivity contribution in [2.75, 3.05) is 6.54 Å². The number of rotatable bonds is 5. The van der Waals surface area contributed by atoms with Crippen molar-refractivity contribution >= 4 is 23.3 Å². The van der Waals surface area contributed by atoms with Gasteiger partial charge in [-0.3, -0.25) is 9.59 Å². The Morgan fingerprint density at radius 3 is 2.18 bits per heavy atom. The molecule has 4 heteroatoms. The second-order valence-electron chi connectivity index (χ2n) is 5.49. The number of amides is 1. The van der Waals surface area contributed by atoms with E-state index in [1.165, 1.54) is 0 Å². The highest BCUT2D eigenvalue weighted by atomic mass is 35.5. The van der Waals surface area contributed by atoms with E-state index >= 15 is 0 Å². The van der Waals surface area contributed by atoms with Gasteiger partial charge in [-0.05, 0) is 36.2 Å². The molecule has 0 aliphatic rings. The molecule has 2 aromatic rings. The first-order chi connectivity index (χ1) is 10.5. The van der Waals surface area contributed by atoms with E-state index in [0.717, 1.165) is 0 Å². The van der Waals surface area contributed by atoms with Crippen LogP contribution in [0.2, 0.25) is 5.02 Å². The minimum Gasteiger partial charge on any atom is -0.352 e. The van der Waals surface area contributed by atoms with E-state index in [1.807, 2.05) is 13.8 Å². The summed E-state index contributed by atoms with van der Waals surface area (Å²) < 4.78 is 0. The van der Waals surface area contributed by atoms with Gasteiger partial charge in [0.15, 0.2) is 5.78 Å². The van der Waals surface area contributed by atoms with Crippen molar-refractivity contribution in [3.05, 3.63) is 70.2 Å². The molecule has 114 valence electrons. The second kappa shape index (κ2) is 7.23. The van der Waals surface area contributed by atoms with E-state index in [2.05, 4.69) is 5.32 Å². The Labute approximate surface area is 135 Å². The van der Waals surface area contributed by atoms with Gasteiger partial charge in [-0.2, -0.15) is 0 Å². The van der Waals surface area contributed by atoms with Crippen molar-refractivity contribution in [2.24, 2.45) is 5.92 Å². The van der Waals surface area contributed by atoms with E-state index in [4.69, 9.17) is 11.6 Å². The summed E-state index contributed by atoms with van der Waals surface area (Å²) in [6, 6.07) is 13.5. The van der Waals surface area contributed by atoms with Crippen molar-refractivity contribution in [2.45, 2.75) is 13.8 Å². The highest BCUT2D eigenvalue weighted by Crippen LogP contribution is 2.17. The molecule has 0 heterocycles. The molecule has 1 amide bonds. The van der Waals surface area contributed by atoms with Crippen LogP contribution in [0.15, 0.2) is 48.5 Å². The molecule has 0 fully saturated rings. The predicted molar refractivity (Wildman–Crippen MR) is 88.5 cm³/mol. The van der Waals surface area contributed by atoms with Gasteiger partial charge in [0, 0.05) is 22.7 Å². The van der Waals surface area contributed by atoms with Gasteiger partial charge in [-0.25, -0.2) is 0 Å². The maximum atomic E-state index is 12.6. The Morgan fingerprint density at radius 2 is 1.59 bits per heavy atom. The molecular weight excluding hydrogens is 298 g/mol.